The Balaban J connectivity index is 1.66. The number of fused-ring (bicyclic) bond motifs is 1. The molecule has 1 fully saturated rings. The highest BCUT2D eigenvalue weighted by Crippen LogP contribution is 2.38. The van der Waals surface area contributed by atoms with Crippen molar-refractivity contribution in [2.24, 2.45) is 4.99 Å². The van der Waals surface area contributed by atoms with Gasteiger partial charge in [-0.2, -0.15) is 0 Å². The van der Waals surface area contributed by atoms with Crippen molar-refractivity contribution >= 4 is 55.7 Å². The van der Waals surface area contributed by atoms with Gasteiger partial charge < -0.3 is 4.90 Å². The summed E-state index contributed by atoms with van der Waals surface area (Å²) in [5.74, 6) is 0.896. The van der Waals surface area contributed by atoms with Crippen LogP contribution in [0.25, 0.3) is 0 Å². The summed E-state index contributed by atoms with van der Waals surface area (Å²) >= 11 is 13.9. The maximum atomic E-state index is 12.2. The molecular weight excluding hydrogens is 435 g/mol. The molecule has 0 saturated carbocycles. The summed E-state index contributed by atoms with van der Waals surface area (Å²) < 4.78 is 24.4. The summed E-state index contributed by atoms with van der Waals surface area (Å²) in [5.41, 5.74) is 4.24. The Labute approximate surface area is 179 Å². The molecule has 2 atom stereocenters. The Morgan fingerprint density at radius 3 is 2.68 bits per heavy atom. The van der Waals surface area contributed by atoms with E-state index in [1.807, 2.05) is 26.0 Å². The van der Waals surface area contributed by atoms with E-state index in [0.717, 1.165) is 27.5 Å². The van der Waals surface area contributed by atoms with Gasteiger partial charge in [-0.3, -0.25) is 4.99 Å². The third-order valence-electron chi connectivity index (χ3n) is 5.10. The third-order valence-corrected chi connectivity index (χ3v) is 8.40. The molecule has 0 N–H and O–H groups in total. The van der Waals surface area contributed by atoms with Crippen molar-refractivity contribution in [2.45, 2.75) is 31.7 Å². The summed E-state index contributed by atoms with van der Waals surface area (Å²) in [4.78, 5) is 6.91. The Morgan fingerprint density at radius 1 is 1.14 bits per heavy atom. The SMILES string of the molecule is Cc1ccc(C)c(N2C(SCc3ccc(Cl)cc3Cl)=N[C@H]3CS(=O)(=O)C[C@H]32)c1. The van der Waals surface area contributed by atoms with Crippen LogP contribution in [0.3, 0.4) is 0 Å². The molecular formula is C20H20Cl2N2O2S2. The minimum Gasteiger partial charge on any atom is -0.315 e. The molecule has 0 aliphatic carbocycles. The van der Waals surface area contributed by atoms with Crippen LogP contribution in [-0.2, 0) is 15.6 Å². The smallest absolute Gasteiger partial charge is 0.164 e. The molecule has 2 aromatic rings. The highest BCUT2D eigenvalue weighted by Gasteiger charge is 2.47. The van der Waals surface area contributed by atoms with Crippen LogP contribution < -0.4 is 4.90 Å². The van der Waals surface area contributed by atoms with E-state index in [9.17, 15) is 8.42 Å². The molecule has 0 unspecified atom stereocenters. The largest absolute Gasteiger partial charge is 0.315 e. The molecule has 4 nitrogen and oxygen atoms in total. The number of rotatable bonds is 3. The quantitative estimate of drug-likeness (QED) is 0.662. The lowest BCUT2D eigenvalue weighted by Gasteiger charge is -2.28. The van der Waals surface area contributed by atoms with Gasteiger partial charge in [0, 0.05) is 21.5 Å². The van der Waals surface area contributed by atoms with Crippen LogP contribution in [0, 0.1) is 13.8 Å². The van der Waals surface area contributed by atoms with Gasteiger partial charge in [0.25, 0.3) is 0 Å². The first-order valence-electron chi connectivity index (χ1n) is 8.95. The molecule has 2 aliphatic heterocycles. The van der Waals surface area contributed by atoms with Crippen molar-refractivity contribution in [3.8, 4) is 0 Å². The Bertz CT molecular complexity index is 1070. The number of hydrogen-bond donors (Lipinski definition) is 0. The second-order valence-corrected chi connectivity index (χ2v) is 11.2. The normalized spacial score (nSPS) is 23.0. The number of halogens is 2. The topological polar surface area (TPSA) is 49.7 Å². The molecule has 2 heterocycles. The predicted octanol–water partition coefficient (Wildman–Crippen LogP) is 4.89. The average molecular weight is 455 g/mol. The van der Waals surface area contributed by atoms with Gasteiger partial charge in [0.05, 0.1) is 23.6 Å². The summed E-state index contributed by atoms with van der Waals surface area (Å²) in [6.45, 7) is 4.09. The van der Waals surface area contributed by atoms with Crippen LogP contribution in [0.4, 0.5) is 5.69 Å². The van der Waals surface area contributed by atoms with E-state index in [2.05, 4.69) is 23.1 Å². The maximum Gasteiger partial charge on any atom is 0.164 e. The second kappa shape index (κ2) is 7.56. The molecule has 8 heteroatoms. The van der Waals surface area contributed by atoms with Crippen molar-refractivity contribution in [2.75, 3.05) is 16.4 Å². The van der Waals surface area contributed by atoms with E-state index >= 15 is 0 Å². The molecule has 2 aromatic carbocycles. The third kappa shape index (κ3) is 3.92. The molecule has 0 amide bonds. The van der Waals surface area contributed by atoms with Gasteiger partial charge >= 0.3 is 0 Å². The number of amidine groups is 1. The zero-order valence-corrected chi connectivity index (χ0v) is 18.7. The number of benzene rings is 2. The fourth-order valence-corrected chi connectivity index (χ4v) is 7.19. The van der Waals surface area contributed by atoms with Crippen LogP contribution in [-0.4, -0.2) is 37.2 Å². The lowest BCUT2D eigenvalue weighted by atomic mass is 10.1. The summed E-state index contributed by atoms with van der Waals surface area (Å²) in [7, 11) is -3.07. The van der Waals surface area contributed by atoms with Gasteiger partial charge in [0.15, 0.2) is 15.0 Å². The van der Waals surface area contributed by atoms with Gasteiger partial charge in [0.2, 0.25) is 0 Å². The molecule has 148 valence electrons. The standard InChI is InChI=1S/C20H20Cl2N2O2S2/c1-12-3-4-13(2)18(7-12)24-19-11-28(25,26)10-17(19)23-20(24)27-9-14-5-6-15(21)8-16(14)22/h3-8,17,19H,9-11H2,1-2H3/t17-,19+/m0/s1. The number of nitrogens with zero attached hydrogens (tertiary/aromatic N) is 2. The Kier molecular flexibility index (Phi) is 5.42. The van der Waals surface area contributed by atoms with E-state index in [4.69, 9.17) is 28.2 Å². The van der Waals surface area contributed by atoms with Gasteiger partial charge in [-0.15, -0.1) is 0 Å². The van der Waals surface area contributed by atoms with Crippen molar-refractivity contribution in [3.63, 3.8) is 0 Å². The van der Waals surface area contributed by atoms with E-state index in [1.54, 1.807) is 17.8 Å². The van der Waals surface area contributed by atoms with Crippen molar-refractivity contribution < 1.29 is 8.42 Å². The summed E-state index contributed by atoms with van der Waals surface area (Å²) in [6, 6.07) is 11.4. The minimum absolute atomic E-state index is 0.116. The van der Waals surface area contributed by atoms with Crippen molar-refractivity contribution in [1.29, 1.82) is 0 Å². The highest BCUT2D eigenvalue weighted by atomic mass is 35.5. The zero-order valence-electron chi connectivity index (χ0n) is 15.5. The predicted molar refractivity (Wildman–Crippen MR) is 120 cm³/mol. The fourth-order valence-electron chi connectivity index (χ4n) is 3.67. The van der Waals surface area contributed by atoms with Gasteiger partial charge in [-0.1, -0.05) is 53.2 Å². The molecule has 2 aliphatic rings. The first-order valence-corrected chi connectivity index (χ1v) is 12.5. The van der Waals surface area contributed by atoms with Crippen LogP contribution in [0.15, 0.2) is 41.4 Å². The van der Waals surface area contributed by atoms with E-state index in [1.165, 1.54) is 0 Å². The minimum atomic E-state index is -3.07. The molecule has 0 radical (unpaired) electrons. The lowest BCUT2D eigenvalue weighted by molar-refractivity contribution is 0.601. The average Bonchev–Trinajstić information content (AvgIpc) is 3.07. The maximum absolute atomic E-state index is 12.2. The second-order valence-electron chi connectivity index (χ2n) is 7.31. The number of thioether (sulfide) groups is 1. The van der Waals surface area contributed by atoms with Crippen LogP contribution in [0.5, 0.6) is 0 Å². The van der Waals surface area contributed by atoms with E-state index < -0.39 is 9.84 Å². The van der Waals surface area contributed by atoms with Crippen LogP contribution in [0.2, 0.25) is 10.0 Å². The van der Waals surface area contributed by atoms with E-state index in [0.29, 0.717) is 15.8 Å². The number of hydrogen-bond acceptors (Lipinski definition) is 5. The highest BCUT2D eigenvalue weighted by molar-refractivity contribution is 8.13. The lowest BCUT2D eigenvalue weighted by Crippen LogP contribution is -2.39. The molecule has 28 heavy (non-hydrogen) atoms. The van der Waals surface area contributed by atoms with Crippen molar-refractivity contribution in [3.05, 3.63) is 63.1 Å². The number of sulfone groups is 1. The first kappa shape index (κ1) is 20.1. The molecule has 4 rings (SSSR count). The molecule has 0 aromatic heterocycles. The Hall–Kier alpha value is -1.21. The van der Waals surface area contributed by atoms with Crippen LogP contribution >= 0.6 is 35.0 Å². The number of aliphatic imine (C=N–C) groups is 1. The summed E-state index contributed by atoms with van der Waals surface area (Å²) in [6.07, 6.45) is 0. The van der Waals surface area contributed by atoms with Gasteiger partial charge in [-0.05, 0) is 48.7 Å². The zero-order chi connectivity index (χ0) is 20.1. The first-order chi connectivity index (χ1) is 13.2. The van der Waals surface area contributed by atoms with Gasteiger partial charge in [0.1, 0.15) is 0 Å². The number of anilines is 1. The monoisotopic (exact) mass is 454 g/mol. The van der Waals surface area contributed by atoms with E-state index in [-0.39, 0.29) is 23.6 Å². The molecule has 0 spiro atoms. The van der Waals surface area contributed by atoms with Crippen molar-refractivity contribution in [1.82, 2.24) is 0 Å². The fraction of sp³-hybridized carbons (Fsp3) is 0.350. The molecule has 1 saturated heterocycles. The Morgan fingerprint density at radius 2 is 1.93 bits per heavy atom. The number of aryl methyl sites for hydroxylation is 2. The summed E-state index contributed by atoms with van der Waals surface area (Å²) in [5, 5.41) is 2.08. The van der Waals surface area contributed by atoms with Gasteiger partial charge in [-0.25, -0.2) is 8.42 Å². The van der Waals surface area contributed by atoms with Crippen LogP contribution in [0.1, 0.15) is 16.7 Å². The molecule has 0 bridgehead atoms.